The van der Waals surface area contributed by atoms with Gasteiger partial charge in [-0.3, -0.25) is 9.59 Å². The topological polar surface area (TPSA) is 52.6 Å². The first-order chi connectivity index (χ1) is 13.7. The second-order valence-corrected chi connectivity index (χ2v) is 8.84. The first-order valence-corrected chi connectivity index (χ1v) is 12.1. The molecule has 0 bridgehead atoms. The van der Waals surface area contributed by atoms with Gasteiger partial charge < -0.3 is 9.47 Å². The Balaban J connectivity index is 1.64. The Morgan fingerprint density at radius 3 is 1.86 bits per heavy atom. The van der Waals surface area contributed by atoms with Gasteiger partial charge in [0.1, 0.15) is 6.10 Å². The molecule has 2 saturated carbocycles. The molecule has 0 radical (unpaired) electrons. The molecule has 4 heteroatoms. The Morgan fingerprint density at radius 1 is 0.679 bits per heavy atom. The van der Waals surface area contributed by atoms with Gasteiger partial charge in [-0.15, -0.1) is 0 Å². The highest BCUT2D eigenvalue weighted by molar-refractivity contribution is 5.82. The predicted molar refractivity (Wildman–Crippen MR) is 112 cm³/mol. The standard InChI is InChI=1S/C24H42O4/c1-2-3-4-5-6-7-8-14-19-27-23(25)21-17-12-13-18-22(21)24(26)28-20-15-10-9-11-16-20/h20-22H,2-19H2,1H3. The zero-order valence-electron chi connectivity index (χ0n) is 18.1. The van der Waals surface area contributed by atoms with E-state index in [9.17, 15) is 9.59 Å². The Kier molecular flexibility index (Phi) is 11.6. The number of carbonyl (C=O) groups excluding carboxylic acids is 2. The third kappa shape index (κ3) is 8.53. The van der Waals surface area contributed by atoms with Crippen LogP contribution in [-0.4, -0.2) is 24.6 Å². The second-order valence-electron chi connectivity index (χ2n) is 8.84. The van der Waals surface area contributed by atoms with Gasteiger partial charge in [0.25, 0.3) is 0 Å². The highest BCUT2D eigenvalue weighted by atomic mass is 16.5. The molecule has 4 nitrogen and oxygen atoms in total. The molecule has 0 aliphatic heterocycles. The molecule has 2 unspecified atom stereocenters. The Hall–Kier alpha value is -1.06. The van der Waals surface area contributed by atoms with Gasteiger partial charge in [0.05, 0.1) is 18.4 Å². The monoisotopic (exact) mass is 394 g/mol. The van der Waals surface area contributed by atoms with Crippen molar-refractivity contribution in [3.05, 3.63) is 0 Å². The van der Waals surface area contributed by atoms with E-state index in [1.807, 2.05) is 0 Å². The summed E-state index contributed by atoms with van der Waals surface area (Å²) < 4.78 is 11.3. The quantitative estimate of drug-likeness (QED) is 0.286. The van der Waals surface area contributed by atoms with Crippen LogP contribution in [0.4, 0.5) is 0 Å². The molecule has 2 aliphatic rings. The molecule has 0 spiro atoms. The molecule has 28 heavy (non-hydrogen) atoms. The van der Waals surface area contributed by atoms with Gasteiger partial charge in [-0.05, 0) is 44.9 Å². The van der Waals surface area contributed by atoms with Crippen molar-refractivity contribution >= 4 is 11.9 Å². The minimum Gasteiger partial charge on any atom is -0.465 e. The van der Waals surface area contributed by atoms with Crippen molar-refractivity contribution in [2.75, 3.05) is 6.61 Å². The summed E-state index contributed by atoms with van der Waals surface area (Å²) in [6, 6.07) is 0. The third-order valence-corrected chi connectivity index (χ3v) is 6.45. The molecule has 2 aliphatic carbocycles. The minimum absolute atomic E-state index is 0.0668. The third-order valence-electron chi connectivity index (χ3n) is 6.45. The summed E-state index contributed by atoms with van der Waals surface area (Å²) in [5, 5.41) is 0. The number of esters is 2. The molecule has 0 saturated heterocycles. The van der Waals surface area contributed by atoms with E-state index in [0.717, 1.165) is 64.2 Å². The summed E-state index contributed by atoms with van der Waals surface area (Å²) in [6.45, 7) is 2.73. The van der Waals surface area contributed by atoms with Crippen LogP contribution in [0.15, 0.2) is 0 Å². The van der Waals surface area contributed by atoms with Crippen LogP contribution in [-0.2, 0) is 19.1 Å². The van der Waals surface area contributed by atoms with Gasteiger partial charge in [-0.1, -0.05) is 71.1 Å². The van der Waals surface area contributed by atoms with Crippen LogP contribution in [0.3, 0.4) is 0 Å². The van der Waals surface area contributed by atoms with E-state index < -0.39 is 0 Å². The highest BCUT2D eigenvalue weighted by Gasteiger charge is 2.38. The first kappa shape index (κ1) is 23.2. The van der Waals surface area contributed by atoms with Crippen molar-refractivity contribution in [2.24, 2.45) is 11.8 Å². The van der Waals surface area contributed by atoms with Crippen LogP contribution >= 0.6 is 0 Å². The second kappa shape index (κ2) is 14.0. The highest BCUT2D eigenvalue weighted by Crippen LogP contribution is 2.33. The lowest BCUT2D eigenvalue weighted by Gasteiger charge is -2.30. The van der Waals surface area contributed by atoms with E-state index in [2.05, 4.69) is 6.92 Å². The Labute approximate surface area is 172 Å². The van der Waals surface area contributed by atoms with E-state index in [-0.39, 0.29) is 29.9 Å². The fraction of sp³-hybridized carbons (Fsp3) is 0.917. The lowest BCUT2D eigenvalue weighted by molar-refractivity contribution is -0.167. The van der Waals surface area contributed by atoms with Crippen molar-refractivity contribution < 1.29 is 19.1 Å². The van der Waals surface area contributed by atoms with Crippen molar-refractivity contribution in [1.29, 1.82) is 0 Å². The van der Waals surface area contributed by atoms with Crippen molar-refractivity contribution in [3.8, 4) is 0 Å². The molecule has 0 aromatic carbocycles. The lowest BCUT2D eigenvalue weighted by Crippen LogP contribution is -2.37. The summed E-state index contributed by atoms with van der Waals surface area (Å²) in [6.07, 6.45) is 18.9. The average molecular weight is 395 g/mol. The van der Waals surface area contributed by atoms with Crippen LogP contribution in [0.5, 0.6) is 0 Å². The largest absolute Gasteiger partial charge is 0.465 e. The summed E-state index contributed by atoms with van der Waals surface area (Å²) in [5.74, 6) is -0.908. The van der Waals surface area contributed by atoms with Gasteiger partial charge >= 0.3 is 11.9 Å². The zero-order chi connectivity index (χ0) is 20.0. The molecule has 2 rings (SSSR count). The van der Waals surface area contributed by atoms with Crippen LogP contribution in [0.1, 0.15) is 116 Å². The van der Waals surface area contributed by atoms with Crippen LogP contribution in [0.25, 0.3) is 0 Å². The molecule has 0 heterocycles. The van der Waals surface area contributed by atoms with Gasteiger partial charge in [-0.25, -0.2) is 0 Å². The molecule has 2 fully saturated rings. The number of carbonyl (C=O) groups is 2. The van der Waals surface area contributed by atoms with Crippen molar-refractivity contribution in [3.63, 3.8) is 0 Å². The molecule has 0 aromatic heterocycles. The van der Waals surface area contributed by atoms with Gasteiger partial charge in [0, 0.05) is 0 Å². The fourth-order valence-corrected chi connectivity index (χ4v) is 4.65. The average Bonchev–Trinajstić information content (AvgIpc) is 2.73. The normalized spacial score (nSPS) is 23.3. The molecule has 2 atom stereocenters. The molecular weight excluding hydrogens is 352 g/mol. The summed E-state index contributed by atoms with van der Waals surface area (Å²) in [5.41, 5.74) is 0. The summed E-state index contributed by atoms with van der Waals surface area (Å²) in [7, 11) is 0. The minimum atomic E-state index is -0.293. The van der Waals surface area contributed by atoms with E-state index in [0.29, 0.717) is 6.61 Å². The van der Waals surface area contributed by atoms with Crippen molar-refractivity contribution in [2.45, 2.75) is 122 Å². The lowest BCUT2D eigenvalue weighted by atomic mass is 9.79. The predicted octanol–water partition coefficient (Wildman–Crippen LogP) is 6.35. The van der Waals surface area contributed by atoms with E-state index in [1.165, 1.54) is 44.9 Å². The van der Waals surface area contributed by atoms with Crippen LogP contribution in [0, 0.1) is 11.8 Å². The van der Waals surface area contributed by atoms with Crippen LogP contribution in [0.2, 0.25) is 0 Å². The number of rotatable bonds is 12. The number of unbranched alkanes of at least 4 members (excludes halogenated alkanes) is 7. The van der Waals surface area contributed by atoms with E-state index in [4.69, 9.17) is 9.47 Å². The number of ether oxygens (including phenoxy) is 2. The van der Waals surface area contributed by atoms with Crippen LogP contribution < -0.4 is 0 Å². The van der Waals surface area contributed by atoms with E-state index >= 15 is 0 Å². The summed E-state index contributed by atoms with van der Waals surface area (Å²) in [4.78, 5) is 25.3. The Bertz CT molecular complexity index is 442. The zero-order valence-corrected chi connectivity index (χ0v) is 18.1. The number of hydrogen-bond donors (Lipinski definition) is 0. The first-order valence-electron chi connectivity index (χ1n) is 12.1. The molecule has 162 valence electrons. The SMILES string of the molecule is CCCCCCCCCCOC(=O)C1CCCCC1C(=O)OC1CCCCC1. The van der Waals surface area contributed by atoms with Gasteiger partial charge in [0.2, 0.25) is 0 Å². The molecular formula is C24H42O4. The maximum absolute atomic E-state index is 12.7. The van der Waals surface area contributed by atoms with Crippen molar-refractivity contribution in [1.82, 2.24) is 0 Å². The molecule has 0 N–H and O–H groups in total. The number of hydrogen-bond acceptors (Lipinski definition) is 4. The fourth-order valence-electron chi connectivity index (χ4n) is 4.65. The molecule has 0 aromatic rings. The maximum atomic E-state index is 12.7. The summed E-state index contributed by atoms with van der Waals surface area (Å²) >= 11 is 0. The van der Waals surface area contributed by atoms with Gasteiger partial charge in [-0.2, -0.15) is 0 Å². The Morgan fingerprint density at radius 2 is 1.21 bits per heavy atom. The maximum Gasteiger partial charge on any atom is 0.310 e. The van der Waals surface area contributed by atoms with Gasteiger partial charge in [0.15, 0.2) is 0 Å². The smallest absolute Gasteiger partial charge is 0.310 e. The van der Waals surface area contributed by atoms with E-state index in [1.54, 1.807) is 0 Å². The molecule has 0 amide bonds.